The van der Waals surface area contributed by atoms with Crippen LogP contribution in [0, 0.1) is 17.2 Å². The van der Waals surface area contributed by atoms with Gasteiger partial charge < -0.3 is 4.74 Å². The van der Waals surface area contributed by atoms with Gasteiger partial charge in [0.1, 0.15) is 0 Å². The molecular weight excluding hydrogens is 222 g/mol. The van der Waals surface area contributed by atoms with Gasteiger partial charge in [0.2, 0.25) is 0 Å². The highest BCUT2D eigenvalue weighted by atomic mass is 32.2. The number of hydrogen-bond donors (Lipinski definition) is 0. The first kappa shape index (κ1) is 13.7. The summed E-state index contributed by atoms with van der Waals surface area (Å²) in [6.07, 6.45) is 6.14. The lowest BCUT2D eigenvalue weighted by molar-refractivity contribution is 0.200. The molecule has 1 saturated carbocycles. The predicted molar refractivity (Wildman–Crippen MR) is 65.5 cm³/mol. The van der Waals surface area contributed by atoms with E-state index in [2.05, 4.69) is 6.07 Å². The Labute approximate surface area is 101 Å². The summed E-state index contributed by atoms with van der Waals surface area (Å²) in [6.45, 7) is 0.662. The standard InChI is InChI=1S/C12H21NO2S/c1-15-8-5-9-16(14)12-7-4-2-3-6-11(12)10-13/h11-12H,2-9H2,1H3. The summed E-state index contributed by atoms with van der Waals surface area (Å²) in [4.78, 5) is 0. The van der Waals surface area contributed by atoms with Gasteiger partial charge in [-0.15, -0.1) is 0 Å². The van der Waals surface area contributed by atoms with E-state index < -0.39 is 10.8 Å². The van der Waals surface area contributed by atoms with Crippen LogP contribution in [-0.4, -0.2) is 28.9 Å². The lowest BCUT2D eigenvalue weighted by Gasteiger charge is -2.18. The fraction of sp³-hybridized carbons (Fsp3) is 0.917. The first-order valence-electron chi connectivity index (χ1n) is 6.05. The fourth-order valence-corrected chi connectivity index (χ4v) is 3.93. The van der Waals surface area contributed by atoms with Crippen molar-refractivity contribution >= 4 is 10.8 Å². The largest absolute Gasteiger partial charge is 0.385 e. The van der Waals surface area contributed by atoms with E-state index in [1.807, 2.05) is 0 Å². The average molecular weight is 243 g/mol. The van der Waals surface area contributed by atoms with Gasteiger partial charge in [0.25, 0.3) is 0 Å². The second-order valence-electron chi connectivity index (χ2n) is 4.34. The molecule has 0 amide bonds. The van der Waals surface area contributed by atoms with Gasteiger partial charge in [-0.3, -0.25) is 4.21 Å². The van der Waals surface area contributed by atoms with Crippen LogP contribution in [0.3, 0.4) is 0 Å². The zero-order valence-corrected chi connectivity index (χ0v) is 10.8. The summed E-state index contributed by atoms with van der Waals surface area (Å²) in [7, 11) is 0.808. The van der Waals surface area contributed by atoms with Crippen LogP contribution in [-0.2, 0) is 15.5 Å². The molecular formula is C12H21NO2S. The van der Waals surface area contributed by atoms with Crippen LogP contribution >= 0.6 is 0 Å². The van der Waals surface area contributed by atoms with Crippen LogP contribution in [0.25, 0.3) is 0 Å². The van der Waals surface area contributed by atoms with E-state index in [4.69, 9.17) is 10.00 Å². The summed E-state index contributed by atoms with van der Waals surface area (Å²) < 4.78 is 17.1. The minimum Gasteiger partial charge on any atom is -0.385 e. The van der Waals surface area contributed by atoms with Crippen molar-refractivity contribution in [2.45, 2.75) is 43.8 Å². The van der Waals surface area contributed by atoms with Gasteiger partial charge in [0.15, 0.2) is 0 Å². The molecule has 0 aliphatic heterocycles. The third-order valence-electron chi connectivity index (χ3n) is 3.15. The Morgan fingerprint density at radius 2 is 2.12 bits per heavy atom. The lowest BCUT2D eigenvalue weighted by Crippen LogP contribution is -2.25. The van der Waals surface area contributed by atoms with Gasteiger partial charge in [-0.1, -0.05) is 19.3 Å². The lowest BCUT2D eigenvalue weighted by atomic mass is 10.0. The van der Waals surface area contributed by atoms with Crippen molar-refractivity contribution in [3.63, 3.8) is 0 Å². The first-order valence-corrected chi connectivity index (χ1v) is 7.43. The number of rotatable bonds is 5. The molecule has 3 unspecified atom stereocenters. The molecule has 0 bridgehead atoms. The number of methoxy groups -OCH3 is 1. The minimum absolute atomic E-state index is 0.00544. The van der Waals surface area contributed by atoms with E-state index >= 15 is 0 Å². The third kappa shape index (κ3) is 4.23. The molecule has 0 N–H and O–H groups in total. The molecule has 0 radical (unpaired) electrons. The van der Waals surface area contributed by atoms with Gasteiger partial charge >= 0.3 is 0 Å². The highest BCUT2D eigenvalue weighted by Crippen LogP contribution is 2.27. The van der Waals surface area contributed by atoms with Crippen LogP contribution in [0.4, 0.5) is 0 Å². The van der Waals surface area contributed by atoms with Gasteiger partial charge in [0.05, 0.1) is 17.2 Å². The quantitative estimate of drug-likeness (QED) is 0.549. The zero-order chi connectivity index (χ0) is 11.8. The average Bonchev–Trinajstić information content (AvgIpc) is 2.54. The summed E-state index contributed by atoms with van der Waals surface area (Å²) in [6, 6.07) is 2.34. The van der Waals surface area contributed by atoms with Gasteiger partial charge in [0, 0.05) is 30.3 Å². The normalized spacial score (nSPS) is 28.0. The molecule has 4 heteroatoms. The summed E-state index contributed by atoms with van der Waals surface area (Å²) in [5.74, 6) is 0.683. The van der Waals surface area contributed by atoms with Crippen LogP contribution in [0.2, 0.25) is 0 Å². The number of nitriles is 1. The summed E-state index contributed by atoms with van der Waals surface area (Å²) in [5.41, 5.74) is 0. The van der Waals surface area contributed by atoms with Crippen LogP contribution in [0.15, 0.2) is 0 Å². The van der Waals surface area contributed by atoms with Crippen molar-refractivity contribution in [3.05, 3.63) is 0 Å². The second kappa shape index (κ2) is 7.81. The van der Waals surface area contributed by atoms with Crippen molar-refractivity contribution in [1.29, 1.82) is 5.26 Å². The molecule has 92 valence electrons. The maximum Gasteiger partial charge on any atom is 0.0668 e. The topological polar surface area (TPSA) is 50.1 Å². The Morgan fingerprint density at radius 3 is 2.81 bits per heavy atom. The van der Waals surface area contributed by atoms with Crippen molar-refractivity contribution < 1.29 is 8.95 Å². The maximum atomic E-state index is 12.1. The predicted octanol–water partition coefficient (Wildman–Crippen LogP) is 2.24. The smallest absolute Gasteiger partial charge is 0.0668 e. The third-order valence-corrected chi connectivity index (χ3v) is 5.08. The molecule has 1 aliphatic rings. The molecule has 0 aromatic rings. The Morgan fingerprint density at radius 1 is 1.38 bits per heavy atom. The van der Waals surface area contributed by atoms with E-state index in [1.165, 1.54) is 6.42 Å². The van der Waals surface area contributed by atoms with Gasteiger partial charge in [-0.2, -0.15) is 5.26 Å². The molecule has 0 aromatic heterocycles. The van der Waals surface area contributed by atoms with Crippen molar-refractivity contribution in [1.82, 2.24) is 0 Å². The fourth-order valence-electron chi connectivity index (χ4n) is 2.23. The molecule has 0 aromatic carbocycles. The van der Waals surface area contributed by atoms with Gasteiger partial charge in [-0.05, 0) is 19.3 Å². The SMILES string of the molecule is COCCCS(=O)C1CCCCCC1C#N. The maximum absolute atomic E-state index is 12.1. The van der Waals surface area contributed by atoms with E-state index in [9.17, 15) is 4.21 Å². The zero-order valence-electron chi connectivity index (χ0n) is 9.98. The summed E-state index contributed by atoms with van der Waals surface area (Å²) >= 11 is 0. The summed E-state index contributed by atoms with van der Waals surface area (Å²) in [5, 5.41) is 9.20. The Hall–Kier alpha value is -0.400. The second-order valence-corrected chi connectivity index (χ2v) is 6.12. The Balaban J connectivity index is 2.46. The molecule has 0 saturated heterocycles. The molecule has 1 aliphatic carbocycles. The molecule has 3 atom stereocenters. The first-order chi connectivity index (χ1) is 7.79. The van der Waals surface area contributed by atoms with E-state index in [0.29, 0.717) is 12.4 Å². The highest BCUT2D eigenvalue weighted by molar-refractivity contribution is 7.85. The molecule has 3 nitrogen and oxygen atoms in total. The molecule has 1 fully saturated rings. The molecule has 1 rings (SSSR count). The molecule has 16 heavy (non-hydrogen) atoms. The minimum atomic E-state index is -0.852. The Kier molecular flexibility index (Phi) is 6.67. The van der Waals surface area contributed by atoms with E-state index in [-0.39, 0.29) is 11.2 Å². The molecule has 0 heterocycles. The van der Waals surface area contributed by atoms with Crippen LogP contribution in [0.1, 0.15) is 38.5 Å². The van der Waals surface area contributed by atoms with Crippen LogP contribution < -0.4 is 0 Å². The van der Waals surface area contributed by atoms with Crippen LogP contribution in [0.5, 0.6) is 0 Å². The highest BCUT2D eigenvalue weighted by Gasteiger charge is 2.28. The number of ether oxygens (including phenoxy) is 1. The van der Waals surface area contributed by atoms with Crippen molar-refractivity contribution in [3.8, 4) is 6.07 Å². The number of nitrogens with zero attached hydrogens (tertiary/aromatic N) is 1. The monoisotopic (exact) mass is 243 g/mol. The van der Waals surface area contributed by atoms with Crippen molar-refractivity contribution in [2.75, 3.05) is 19.5 Å². The number of hydrogen-bond acceptors (Lipinski definition) is 3. The van der Waals surface area contributed by atoms with E-state index in [1.54, 1.807) is 7.11 Å². The Bertz CT molecular complexity index is 262. The van der Waals surface area contributed by atoms with Gasteiger partial charge in [-0.25, -0.2) is 0 Å². The van der Waals surface area contributed by atoms with E-state index in [0.717, 1.165) is 32.1 Å². The molecule has 0 spiro atoms. The van der Waals surface area contributed by atoms with Crippen molar-refractivity contribution in [2.24, 2.45) is 5.92 Å².